The fourth-order valence-electron chi connectivity index (χ4n) is 1.19. The van der Waals surface area contributed by atoms with Crippen molar-refractivity contribution < 1.29 is 4.74 Å². The van der Waals surface area contributed by atoms with Crippen LogP contribution in [0.4, 0.5) is 0 Å². The van der Waals surface area contributed by atoms with Crippen LogP contribution in [0.1, 0.15) is 39.5 Å². The van der Waals surface area contributed by atoms with Crippen LogP contribution >= 0.6 is 24.0 Å². The lowest BCUT2D eigenvalue weighted by atomic mass is 10.2. The van der Waals surface area contributed by atoms with E-state index < -0.39 is 0 Å². The standard InChI is InChI=1S/C11H25N3O.HI/c1-3-5-6-7-8-13-11(12)14-9-10-15-4-2;/h3-10H2,1-2H3,(H3,12,13,14);1H. The van der Waals surface area contributed by atoms with Gasteiger partial charge in [0.2, 0.25) is 0 Å². The number of nitrogens with one attached hydrogen (secondary N) is 1. The Morgan fingerprint density at radius 2 is 2.00 bits per heavy atom. The molecule has 0 rings (SSSR count). The van der Waals surface area contributed by atoms with Gasteiger partial charge in [0.1, 0.15) is 0 Å². The third-order valence-electron chi connectivity index (χ3n) is 2.05. The van der Waals surface area contributed by atoms with E-state index in [0.29, 0.717) is 12.6 Å². The summed E-state index contributed by atoms with van der Waals surface area (Å²) in [6, 6.07) is 0. The SMILES string of the molecule is CCCCCCN=C(N)NCCOCC.I. The molecule has 0 spiro atoms. The van der Waals surface area contributed by atoms with Crippen molar-refractivity contribution >= 4 is 29.9 Å². The minimum absolute atomic E-state index is 0. The molecule has 0 bridgehead atoms. The Morgan fingerprint density at radius 3 is 2.62 bits per heavy atom. The summed E-state index contributed by atoms with van der Waals surface area (Å²) in [5, 5.41) is 3.01. The quantitative estimate of drug-likeness (QED) is 0.292. The Balaban J connectivity index is 0. The molecule has 3 N–H and O–H groups in total. The molecule has 0 amide bonds. The normalized spacial score (nSPS) is 11.0. The fourth-order valence-corrected chi connectivity index (χ4v) is 1.19. The molecule has 0 aliphatic carbocycles. The summed E-state index contributed by atoms with van der Waals surface area (Å²) >= 11 is 0. The summed E-state index contributed by atoms with van der Waals surface area (Å²) in [5.41, 5.74) is 5.65. The van der Waals surface area contributed by atoms with Crippen molar-refractivity contribution in [3.8, 4) is 0 Å². The molecule has 0 aromatic heterocycles. The third-order valence-corrected chi connectivity index (χ3v) is 2.05. The van der Waals surface area contributed by atoms with Crippen LogP contribution in [0.3, 0.4) is 0 Å². The maximum atomic E-state index is 5.65. The van der Waals surface area contributed by atoms with Gasteiger partial charge in [-0.05, 0) is 13.3 Å². The topological polar surface area (TPSA) is 59.6 Å². The first-order chi connectivity index (χ1) is 7.31. The highest BCUT2D eigenvalue weighted by atomic mass is 127. The largest absolute Gasteiger partial charge is 0.380 e. The first-order valence-corrected chi connectivity index (χ1v) is 5.92. The smallest absolute Gasteiger partial charge is 0.188 e. The zero-order chi connectivity index (χ0) is 11.4. The Morgan fingerprint density at radius 1 is 1.25 bits per heavy atom. The molecule has 0 fully saturated rings. The van der Waals surface area contributed by atoms with Crippen LogP contribution in [0.25, 0.3) is 0 Å². The lowest BCUT2D eigenvalue weighted by molar-refractivity contribution is 0.152. The lowest BCUT2D eigenvalue weighted by Gasteiger charge is -2.05. The summed E-state index contributed by atoms with van der Waals surface area (Å²) in [6.07, 6.45) is 4.91. The van der Waals surface area contributed by atoms with E-state index >= 15 is 0 Å². The summed E-state index contributed by atoms with van der Waals surface area (Å²) < 4.78 is 5.17. The number of rotatable bonds is 9. The number of hydrogen-bond donors (Lipinski definition) is 2. The second-order valence-corrected chi connectivity index (χ2v) is 3.45. The fraction of sp³-hybridized carbons (Fsp3) is 0.909. The van der Waals surface area contributed by atoms with Gasteiger partial charge in [-0.15, -0.1) is 24.0 Å². The van der Waals surface area contributed by atoms with Gasteiger partial charge in [-0.2, -0.15) is 0 Å². The van der Waals surface area contributed by atoms with E-state index in [9.17, 15) is 0 Å². The maximum Gasteiger partial charge on any atom is 0.188 e. The highest BCUT2D eigenvalue weighted by Crippen LogP contribution is 1.98. The van der Waals surface area contributed by atoms with Crippen LogP contribution in [-0.4, -0.2) is 32.3 Å². The van der Waals surface area contributed by atoms with Crippen LogP contribution in [-0.2, 0) is 4.74 Å². The van der Waals surface area contributed by atoms with Gasteiger partial charge in [-0.1, -0.05) is 26.2 Å². The predicted molar refractivity (Wildman–Crippen MR) is 80.5 cm³/mol. The van der Waals surface area contributed by atoms with Gasteiger partial charge in [0.15, 0.2) is 5.96 Å². The van der Waals surface area contributed by atoms with Crippen molar-refractivity contribution in [2.24, 2.45) is 10.7 Å². The number of halogens is 1. The third kappa shape index (κ3) is 14.0. The number of nitrogens with zero attached hydrogens (tertiary/aromatic N) is 1. The highest BCUT2D eigenvalue weighted by Gasteiger charge is 1.91. The second kappa shape index (κ2) is 15.0. The Kier molecular flexibility index (Phi) is 17.1. The molecule has 0 aromatic rings. The molecule has 0 aliphatic rings. The van der Waals surface area contributed by atoms with Crippen molar-refractivity contribution in [3.05, 3.63) is 0 Å². The van der Waals surface area contributed by atoms with Crippen LogP contribution in [0.5, 0.6) is 0 Å². The molecule has 0 atom stereocenters. The van der Waals surface area contributed by atoms with Crippen molar-refractivity contribution in [2.75, 3.05) is 26.3 Å². The van der Waals surface area contributed by atoms with E-state index in [1.807, 2.05) is 6.92 Å². The Bertz CT molecular complexity index is 165. The molecule has 0 saturated carbocycles. The van der Waals surface area contributed by atoms with Crippen LogP contribution in [0, 0.1) is 0 Å². The summed E-state index contributed by atoms with van der Waals surface area (Å²) in [4.78, 5) is 4.22. The molecule has 4 nitrogen and oxygen atoms in total. The van der Waals surface area contributed by atoms with Crippen molar-refractivity contribution in [1.82, 2.24) is 5.32 Å². The summed E-state index contributed by atoms with van der Waals surface area (Å²) in [6.45, 7) is 7.17. The van der Waals surface area contributed by atoms with Gasteiger partial charge >= 0.3 is 0 Å². The molecule has 0 radical (unpaired) electrons. The van der Waals surface area contributed by atoms with Crippen molar-refractivity contribution in [2.45, 2.75) is 39.5 Å². The minimum atomic E-state index is 0. The first kappa shape index (κ1) is 18.3. The maximum absolute atomic E-state index is 5.65. The van der Waals surface area contributed by atoms with Gasteiger partial charge in [0.25, 0.3) is 0 Å². The number of aliphatic imine (C=N–C) groups is 1. The van der Waals surface area contributed by atoms with Gasteiger partial charge in [0, 0.05) is 19.7 Å². The molecule has 0 heterocycles. The van der Waals surface area contributed by atoms with E-state index in [1.165, 1.54) is 19.3 Å². The second-order valence-electron chi connectivity index (χ2n) is 3.45. The molecule has 5 heteroatoms. The summed E-state index contributed by atoms with van der Waals surface area (Å²) in [7, 11) is 0. The Labute approximate surface area is 116 Å². The van der Waals surface area contributed by atoms with Crippen molar-refractivity contribution in [3.63, 3.8) is 0 Å². The van der Waals surface area contributed by atoms with E-state index in [1.54, 1.807) is 0 Å². The van der Waals surface area contributed by atoms with Gasteiger partial charge in [-0.3, -0.25) is 4.99 Å². The van der Waals surface area contributed by atoms with Gasteiger partial charge in [-0.25, -0.2) is 0 Å². The molecule has 0 aromatic carbocycles. The van der Waals surface area contributed by atoms with Crippen LogP contribution in [0.2, 0.25) is 0 Å². The summed E-state index contributed by atoms with van der Waals surface area (Å²) in [5.74, 6) is 0.534. The van der Waals surface area contributed by atoms with E-state index in [2.05, 4.69) is 17.2 Å². The zero-order valence-corrected chi connectivity index (χ0v) is 12.8. The number of unbranched alkanes of at least 4 members (excludes halogenated alkanes) is 3. The first-order valence-electron chi connectivity index (χ1n) is 5.92. The monoisotopic (exact) mass is 343 g/mol. The van der Waals surface area contributed by atoms with Gasteiger partial charge in [0.05, 0.1) is 6.61 Å². The minimum Gasteiger partial charge on any atom is -0.380 e. The average molecular weight is 343 g/mol. The zero-order valence-electron chi connectivity index (χ0n) is 10.5. The lowest BCUT2D eigenvalue weighted by Crippen LogP contribution is -2.34. The molecule has 16 heavy (non-hydrogen) atoms. The molecule has 0 saturated heterocycles. The number of ether oxygens (including phenoxy) is 1. The average Bonchev–Trinajstić information content (AvgIpc) is 2.24. The Hall–Kier alpha value is -0.0400. The van der Waals surface area contributed by atoms with E-state index in [0.717, 1.165) is 26.1 Å². The molecular formula is C11H26IN3O. The molecule has 98 valence electrons. The number of nitrogens with two attached hydrogens (primary N) is 1. The van der Waals surface area contributed by atoms with E-state index in [-0.39, 0.29) is 24.0 Å². The van der Waals surface area contributed by atoms with Crippen LogP contribution < -0.4 is 11.1 Å². The molecule has 0 unspecified atom stereocenters. The van der Waals surface area contributed by atoms with Gasteiger partial charge < -0.3 is 15.8 Å². The molecule has 0 aliphatic heterocycles. The molecular weight excluding hydrogens is 317 g/mol. The number of guanidine groups is 1. The number of hydrogen-bond acceptors (Lipinski definition) is 2. The van der Waals surface area contributed by atoms with Crippen LogP contribution in [0.15, 0.2) is 4.99 Å². The highest BCUT2D eigenvalue weighted by molar-refractivity contribution is 14.0. The van der Waals surface area contributed by atoms with Crippen molar-refractivity contribution in [1.29, 1.82) is 0 Å². The predicted octanol–water partition coefficient (Wildman–Crippen LogP) is 2.13. The van der Waals surface area contributed by atoms with E-state index in [4.69, 9.17) is 10.5 Å².